The fourth-order valence-electron chi connectivity index (χ4n) is 3.22. The molecule has 2 aromatic carbocycles. The molecule has 1 aromatic heterocycles. The molecule has 1 amide bonds. The molecule has 0 fully saturated rings. The fourth-order valence-corrected chi connectivity index (χ4v) is 3.22. The molecule has 0 aliphatic carbocycles. The average Bonchev–Trinajstić information content (AvgIpc) is 2.76. The van der Waals surface area contributed by atoms with Crippen LogP contribution < -0.4 is 5.32 Å². The van der Waals surface area contributed by atoms with E-state index in [9.17, 15) is 14.9 Å². The second kappa shape index (κ2) is 9.90. The van der Waals surface area contributed by atoms with Gasteiger partial charge in [-0.25, -0.2) is 9.97 Å². The molecule has 0 aliphatic rings. The van der Waals surface area contributed by atoms with E-state index < -0.39 is 4.92 Å². The summed E-state index contributed by atoms with van der Waals surface area (Å²) in [4.78, 5) is 35.1. The van der Waals surface area contributed by atoms with Crippen LogP contribution in [0.5, 0.6) is 0 Å². The van der Waals surface area contributed by atoms with Crippen LogP contribution >= 0.6 is 0 Å². The molecular weight excluding hydrogens is 394 g/mol. The van der Waals surface area contributed by atoms with Crippen LogP contribution in [0.15, 0.2) is 54.6 Å². The number of carbonyl (C=O) groups is 1. The second-order valence-corrected chi connectivity index (χ2v) is 7.44. The van der Waals surface area contributed by atoms with Crippen molar-refractivity contribution in [1.29, 1.82) is 0 Å². The second-order valence-electron chi connectivity index (χ2n) is 7.44. The highest BCUT2D eigenvalue weighted by molar-refractivity contribution is 6.01. The monoisotopic (exact) mass is 419 g/mol. The lowest BCUT2D eigenvalue weighted by atomic mass is 10.0. The highest BCUT2D eigenvalue weighted by atomic mass is 16.6. The van der Waals surface area contributed by atoms with E-state index in [4.69, 9.17) is 0 Å². The van der Waals surface area contributed by atoms with Crippen LogP contribution in [0.4, 0.5) is 5.69 Å². The molecule has 0 saturated heterocycles. The predicted octanol–water partition coefficient (Wildman–Crippen LogP) is 3.71. The average molecular weight is 419 g/mol. The molecule has 1 heterocycles. The summed E-state index contributed by atoms with van der Waals surface area (Å²) in [6, 6.07) is 15.6. The summed E-state index contributed by atoms with van der Waals surface area (Å²) in [6.07, 6.45) is 0.798. The van der Waals surface area contributed by atoms with E-state index in [1.54, 1.807) is 19.1 Å². The van der Waals surface area contributed by atoms with Gasteiger partial charge in [0.05, 0.1) is 21.9 Å². The van der Waals surface area contributed by atoms with Gasteiger partial charge < -0.3 is 10.2 Å². The van der Waals surface area contributed by atoms with Gasteiger partial charge in [-0.2, -0.15) is 0 Å². The number of aryl methyl sites for hydroxylation is 1. The first kappa shape index (κ1) is 22.0. The standard InChI is InChI=1S/C23H25N5O3/c1-16-20(23(29)24-13-8-14-27(2)3)21(18-11-7-12-19(15-18)28(30)31)26-22(25-16)17-9-5-4-6-10-17/h4-7,9-12,15H,8,13-14H2,1-3H3,(H,24,29). The van der Waals surface area contributed by atoms with Crippen LogP contribution in [0.3, 0.4) is 0 Å². The molecule has 0 unspecified atom stereocenters. The van der Waals surface area contributed by atoms with Crippen molar-refractivity contribution in [3.05, 3.63) is 76.0 Å². The van der Waals surface area contributed by atoms with Gasteiger partial charge in [-0.1, -0.05) is 42.5 Å². The molecule has 160 valence electrons. The third-order valence-corrected chi connectivity index (χ3v) is 4.75. The maximum Gasteiger partial charge on any atom is 0.270 e. The summed E-state index contributed by atoms with van der Waals surface area (Å²) >= 11 is 0. The summed E-state index contributed by atoms with van der Waals surface area (Å²) in [6.45, 7) is 3.11. The van der Waals surface area contributed by atoms with Crippen molar-refractivity contribution in [3.63, 3.8) is 0 Å². The van der Waals surface area contributed by atoms with Gasteiger partial charge in [0.2, 0.25) is 0 Å². The Morgan fingerprint density at radius 3 is 2.45 bits per heavy atom. The number of aromatic nitrogens is 2. The number of amides is 1. The Balaban J connectivity index is 2.06. The number of nitrogens with one attached hydrogen (secondary N) is 1. The number of carbonyl (C=O) groups excluding carboxylic acids is 1. The lowest BCUT2D eigenvalue weighted by molar-refractivity contribution is -0.384. The van der Waals surface area contributed by atoms with Crippen molar-refractivity contribution in [2.24, 2.45) is 0 Å². The van der Waals surface area contributed by atoms with E-state index >= 15 is 0 Å². The molecule has 0 atom stereocenters. The Morgan fingerprint density at radius 1 is 1.06 bits per heavy atom. The minimum atomic E-state index is -0.462. The molecule has 0 spiro atoms. The van der Waals surface area contributed by atoms with Crippen molar-refractivity contribution < 1.29 is 9.72 Å². The maximum atomic E-state index is 13.0. The van der Waals surface area contributed by atoms with Gasteiger partial charge >= 0.3 is 0 Å². The lowest BCUT2D eigenvalue weighted by Crippen LogP contribution is -2.28. The summed E-state index contributed by atoms with van der Waals surface area (Å²) < 4.78 is 0. The largest absolute Gasteiger partial charge is 0.352 e. The maximum absolute atomic E-state index is 13.0. The van der Waals surface area contributed by atoms with Gasteiger partial charge in [-0.05, 0) is 34.0 Å². The van der Waals surface area contributed by atoms with Crippen molar-refractivity contribution in [2.75, 3.05) is 27.2 Å². The van der Waals surface area contributed by atoms with E-state index in [-0.39, 0.29) is 11.6 Å². The van der Waals surface area contributed by atoms with Crippen LogP contribution in [0.25, 0.3) is 22.6 Å². The molecule has 31 heavy (non-hydrogen) atoms. The fraction of sp³-hybridized carbons (Fsp3) is 0.261. The lowest BCUT2D eigenvalue weighted by Gasteiger charge is -2.15. The van der Waals surface area contributed by atoms with E-state index in [2.05, 4.69) is 15.3 Å². The minimum absolute atomic E-state index is 0.0626. The number of benzene rings is 2. The summed E-state index contributed by atoms with van der Waals surface area (Å²) in [7, 11) is 3.95. The first-order valence-corrected chi connectivity index (χ1v) is 9.98. The first-order chi connectivity index (χ1) is 14.9. The van der Waals surface area contributed by atoms with Crippen molar-refractivity contribution in [2.45, 2.75) is 13.3 Å². The number of hydrogen-bond acceptors (Lipinski definition) is 6. The van der Waals surface area contributed by atoms with Gasteiger partial charge in [0, 0.05) is 29.8 Å². The van der Waals surface area contributed by atoms with E-state index in [0.717, 1.165) is 18.5 Å². The number of hydrogen-bond donors (Lipinski definition) is 1. The molecule has 0 bridgehead atoms. The molecular formula is C23H25N5O3. The minimum Gasteiger partial charge on any atom is -0.352 e. The van der Waals surface area contributed by atoms with Gasteiger partial charge in [0.25, 0.3) is 11.6 Å². The van der Waals surface area contributed by atoms with Gasteiger partial charge in [0.1, 0.15) is 0 Å². The zero-order valence-electron chi connectivity index (χ0n) is 17.8. The van der Waals surface area contributed by atoms with E-state index in [1.807, 2.05) is 49.3 Å². The smallest absolute Gasteiger partial charge is 0.270 e. The topological polar surface area (TPSA) is 101 Å². The molecule has 8 heteroatoms. The van der Waals surface area contributed by atoms with E-state index in [1.165, 1.54) is 12.1 Å². The summed E-state index contributed by atoms with van der Waals surface area (Å²) in [5, 5.41) is 14.2. The third kappa shape index (κ3) is 5.49. The quantitative estimate of drug-likeness (QED) is 0.339. The number of non-ortho nitro benzene ring substituents is 1. The Labute approximate surface area is 181 Å². The normalized spacial score (nSPS) is 10.8. The Kier molecular flexibility index (Phi) is 7.04. The van der Waals surface area contributed by atoms with Crippen LogP contribution in [-0.4, -0.2) is 52.9 Å². The Hall–Kier alpha value is -3.65. The molecule has 1 N–H and O–H groups in total. The SMILES string of the molecule is Cc1nc(-c2ccccc2)nc(-c2cccc([N+](=O)[O-])c2)c1C(=O)NCCCN(C)C. The molecule has 0 radical (unpaired) electrons. The summed E-state index contributed by atoms with van der Waals surface area (Å²) in [5.41, 5.74) is 2.45. The molecule has 3 aromatic rings. The highest BCUT2D eigenvalue weighted by Gasteiger charge is 2.21. The number of nitrogens with zero attached hydrogens (tertiary/aromatic N) is 4. The Morgan fingerprint density at radius 2 is 1.77 bits per heavy atom. The number of nitro benzene ring substituents is 1. The van der Waals surface area contributed by atoms with Crippen molar-refractivity contribution in [1.82, 2.24) is 20.2 Å². The van der Waals surface area contributed by atoms with Gasteiger partial charge in [-0.15, -0.1) is 0 Å². The molecule has 0 aliphatic heterocycles. The van der Waals surface area contributed by atoms with Gasteiger partial charge in [0.15, 0.2) is 5.82 Å². The van der Waals surface area contributed by atoms with Crippen LogP contribution in [0.2, 0.25) is 0 Å². The molecule has 8 nitrogen and oxygen atoms in total. The van der Waals surface area contributed by atoms with E-state index in [0.29, 0.717) is 34.9 Å². The van der Waals surface area contributed by atoms with Crippen LogP contribution in [0.1, 0.15) is 22.5 Å². The number of nitro groups is 1. The molecule has 0 saturated carbocycles. The predicted molar refractivity (Wildman–Crippen MR) is 120 cm³/mol. The zero-order chi connectivity index (χ0) is 22.4. The van der Waals surface area contributed by atoms with Gasteiger partial charge in [-0.3, -0.25) is 14.9 Å². The first-order valence-electron chi connectivity index (χ1n) is 9.98. The summed E-state index contributed by atoms with van der Waals surface area (Å²) in [5.74, 6) is 0.168. The van der Waals surface area contributed by atoms with Crippen molar-refractivity contribution >= 4 is 11.6 Å². The van der Waals surface area contributed by atoms with Crippen molar-refractivity contribution in [3.8, 4) is 22.6 Å². The Bertz CT molecular complexity index is 1080. The number of rotatable bonds is 8. The van der Waals surface area contributed by atoms with Crippen LogP contribution in [0, 0.1) is 17.0 Å². The third-order valence-electron chi connectivity index (χ3n) is 4.75. The zero-order valence-corrected chi connectivity index (χ0v) is 17.8. The van der Waals surface area contributed by atoms with Crippen LogP contribution in [-0.2, 0) is 0 Å². The highest BCUT2D eigenvalue weighted by Crippen LogP contribution is 2.29. The molecule has 3 rings (SSSR count).